The number of nitrogens with one attached hydrogen (secondary N) is 1. The zero-order valence-electron chi connectivity index (χ0n) is 16.5. The lowest BCUT2D eigenvalue weighted by Crippen LogP contribution is -2.48. The van der Waals surface area contributed by atoms with Crippen molar-refractivity contribution in [1.82, 2.24) is 9.62 Å². The Morgan fingerprint density at radius 3 is 2.38 bits per heavy atom. The van der Waals surface area contributed by atoms with E-state index in [4.69, 9.17) is 4.74 Å². The molecule has 0 spiro atoms. The first-order chi connectivity index (χ1) is 13.9. The van der Waals surface area contributed by atoms with E-state index in [-0.39, 0.29) is 16.6 Å². The molecule has 1 amide bonds. The molecule has 1 N–H and O–H groups in total. The third-order valence-corrected chi connectivity index (χ3v) is 6.31. The molecule has 7 nitrogen and oxygen atoms in total. The lowest BCUT2D eigenvalue weighted by molar-refractivity contribution is -0.126. The van der Waals surface area contributed by atoms with Gasteiger partial charge in [0.25, 0.3) is 0 Å². The van der Waals surface area contributed by atoms with Crippen LogP contribution in [0.1, 0.15) is 5.56 Å². The van der Waals surface area contributed by atoms with Crippen LogP contribution in [0, 0.1) is 0 Å². The summed E-state index contributed by atoms with van der Waals surface area (Å²) in [7, 11) is -0.907. The van der Waals surface area contributed by atoms with Gasteiger partial charge in [-0.3, -0.25) is 4.79 Å². The van der Waals surface area contributed by atoms with Gasteiger partial charge in [0.05, 0.1) is 7.11 Å². The molecule has 2 aromatic carbocycles. The number of carbonyl (C=O) groups is 1. The maximum absolute atomic E-state index is 12.5. The van der Waals surface area contributed by atoms with E-state index >= 15 is 0 Å². The predicted octanol–water partition coefficient (Wildman–Crippen LogP) is 1.97. The summed E-state index contributed by atoms with van der Waals surface area (Å²) in [6.45, 7) is 2.83. The first-order valence-electron chi connectivity index (χ1n) is 9.33. The maximum Gasteiger partial charge on any atom is 0.246 e. The van der Waals surface area contributed by atoms with E-state index in [1.54, 1.807) is 23.1 Å². The summed E-state index contributed by atoms with van der Waals surface area (Å²) >= 11 is 0. The largest absolute Gasteiger partial charge is 0.495 e. The first-order valence-corrected chi connectivity index (χ1v) is 10.8. The van der Waals surface area contributed by atoms with E-state index in [1.165, 1.54) is 26.3 Å². The molecule has 29 heavy (non-hydrogen) atoms. The van der Waals surface area contributed by atoms with Gasteiger partial charge in [-0.15, -0.1) is 0 Å². The van der Waals surface area contributed by atoms with E-state index in [0.717, 1.165) is 18.8 Å². The molecule has 0 atom stereocenters. The van der Waals surface area contributed by atoms with E-state index in [1.807, 2.05) is 18.2 Å². The second kappa shape index (κ2) is 9.11. The standard InChI is InChI=1S/C21H25N3O4S/c1-22-29(26,27)20-16-17(8-10-19(20)28-2)9-11-21(25)24-14-12-23(13-15-24)18-6-4-3-5-7-18/h3-11,16,22H,12-15H2,1-2H3. The van der Waals surface area contributed by atoms with Gasteiger partial charge in [0.1, 0.15) is 10.6 Å². The average Bonchev–Trinajstić information content (AvgIpc) is 2.78. The van der Waals surface area contributed by atoms with Crippen molar-refractivity contribution in [3.8, 4) is 5.75 Å². The summed E-state index contributed by atoms with van der Waals surface area (Å²) in [6.07, 6.45) is 3.11. The molecule has 0 aromatic heterocycles. The minimum absolute atomic E-state index is 0.0357. The van der Waals surface area contributed by atoms with Crippen LogP contribution >= 0.6 is 0 Å². The fourth-order valence-electron chi connectivity index (χ4n) is 3.21. The molecule has 154 valence electrons. The zero-order valence-corrected chi connectivity index (χ0v) is 17.4. The number of hydrogen-bond acceptors (Lipinski definition) is 5. The highest BCUT2D eigenvalue weighted by atomic mass is 32.2. The predicted molar refractivity (Wildman–Crippen MR) is 114 cm³/mol. The van der Waals surface area contributed by atoms with Crippen LogP contribution in [0.2, 0.25) is 0 Å². The van der Waals surface area contributed by atoms with Gasteiger partial charge < -0.3 is 14.5 Å². The second-order valence-corrected chi connectivity index (χ2v) is 8.45. The number of para-hydroxylation sites is 1. The summed E-state index contributed by atoms with van der Waals surface area (Å²) in [4.78, 5) is 16.6. The molecule has 0 aliphatic carbocycles. The quantitative estimate of drug-likeness (QED) is 0.730. The number of nitrogens with zero attached hydrogens (tertiary/aromatic N) is 2. The van der Waals surface area contributed by atoms with Gasteiger partial charge in [-0.2, -0.15) is 0 Å². The van der Waals surface area contributed by atoms with E-state index in [0.29, 0.717) is 18.7 Å². The molecule has 3 rings (SSSR count). The Morgan fingerprint density at radius 2 is 1.76 bits per heavy atom. The third kappa shape index (κ3) is 4.96. The summed E-state index contributed by atoms with van der Waals surface area (Å²) in [5.41, 5.74) is 1.77. The summed E-state index contributed by atoms with van der Waals surface area (Å²) in [6, 6.07) is 14.9. The molecular formula is C21H25N3O4S. The molecule has 1 fully saturated rings. The van der Waals surface area contributed by atoms with Crippen LogP contribution in [0.5, 0.6) is 5.75 Å². The summed E-state index contributed by atoms with van der Waals surface area (Å²) < 4.78 is 31.8. The van der Waals surface area contributed by atoms with Crippen LogP contribution < -0.4 is 14.4 Å². The van der Waals surface area contributed by atoms with Gasteiger partial charge in [0.2, 0.25) is 15.9 Å². The van der Waals surface area contributed by atoms with Crippen LogP contribution in [0.15, 0.2) is 59.5 Å². The molecule has 0 saturated carbocycles. The molecule has 1 aliphatic heterocycles. The highest BCUT2D eigenvalue weighted by molar-refractivity contribution is 7.89. The van der Waals surface area contributed by atoms with Crippen molar-refractivity contribution in [2.75, 3.05) is 45.2 Å². The topological polar surface area (TPSA) is 79.0 Å². The van der Waals surface area contributed by atoms with Gasteiger partial charge in [-0.25, -0.2) is 13.1 Å². The van der Waals surface area contributed by atoms with Gasteiger partial charge in [-0.05, 0) is 43.0 Å². The number of carbonyl (C=O) groups excluding carboxylic acids is 1. The monoisotopic (exact) mass is 415 g/mol. The fraction of sp³-hybridized carbons (Fsp3) is 0.286. The van der Waals surface area contributed by atoms with Gasteiger partial charge in [0, 0.05) is 37.9 Å². The average molecular weight is 416 g/mol. The number of rotatable bonds is 6. The van der Waals surface area contributed by atoms with Crippen molar-refractivity contribution in [2.45, 2.75) is 4.90 Å². The van der Waals surface area contributed by atoms with Crippen molar-refractivity contribution >= 4 is 27.7 Å². The van der Waals surface area contributed by atoms with Gasteiger partial charge in [0.15, 0.2) is 0 Å². The number of hydrogen-bond donors (Lipinski definition) is 1. The highest BCUT2D eigenvalue weighted by Gasteiger charge is 2.20. The van der Waals surface area contributed by atoms with Gasteiger partial charge in [-0.1, -0.05) is 24.3 Å². The van der Waals surface area contributed by atoms with Crippen molar-refractivity contribution in [3.05, 3.63) is 60.2 Å². The van der Waals surface area contributed by atoms with Crippen LogP contribution in [0.25, 0.3) is 6.08 Å². The molecule has 1 heterocycles. The van der Waals surface area contributed by atoms with E-state index in [2.05, 4.69) is 21.8 Å². The lowest BCUT2D eigenvalue weighted by Gasteiger charge is -2.35. The molecule has 1 saturated heterocycles. The number of ether oxygens (including phenoxy) is 1. The summed E-state index contributed by atoms with van der Waals surface area (Å²) in [5.74, 6) is 0.159. The van der Waals surface area contributed by atoms with Crippen LogP contribution in [0.3, 0.4) is 0 Å². The number of piperazine rings is 1. The minimum atomic E-state index is -3.66. The molecule has 1 aliphatic rings. The Balaban J connectivity index is 1.66. The molecule has 0 unspecified atom stereocenters. The van der Waals surface area contributed by atoms with E-state index < -0.39 is 10.0 Å². The van der Waals surface area contributed by atoms with Crippen molar-refractivity contribution < 1.29 is 17.9 Å². The highest BCUT2D eigenvalue weighted by Crippen LogP contribution is 2.25. The zero-order chi connectivity index (χ0) is 20.9. The van der Waals surface area contributed by atoms with Crippen molar-refractivity contribution in [1.29, 1.82) is 0 Å². The molecular weight excluding hydrogens is 390 g/mol. The van der Waals surface area contributed by atoms with Crippen molar-refractivity contribution in [3.63, 3.8) is 0 Å². The molecule has 8 heteroatoms. The second-order valence-electron chi connectivity index (χ2n) is 6.60. The minimum Gasteiger partial charge on any atom is -0.495 e. The lowest BCUT2D eigenvalue weighted by atomic mass is 10.2. The van der Waals surface area contributed by atoms with E-state index in [9.17, 15) is 13.2 Å². The Labute approximate surface area is 171 Å². The molecule has 0 bridgehead atoms. The Morgan fingerprint density at radius 1 is 1.07 bits per heavy atom. The number of methoxy groups -OCH3 is 1. The Kier molecular flexibility index (Phi) is 6.56. The SMILES string of the molecule is CNS(=O)(=O)c1cc(C=CC(=O)N2CCN(c3ccccc3)CC2)ccc1OC. The molecule has 2 aromatic rings. The Hall–Kier alpha value is -2.84. The number of benzene rings is 2. The smallest absolute Gasteiger partial charge is 0.246 e. The van der Waals surface area contributed by atoms with Crippen LogP contribution in [-0.2, 0) is 14.8 Å². The number of anilines is 1. The van der Waals surface area contributed by atoms with Crippen LogP contribution in [0.4, 0.5) is 5.69 Å². The third-order valence-electron chi connectivity index (χ3n) is 4.88. The summed E-state index contributed by atoms with van der Waals surface area (Å²) in [5, 5.41) is 0. The van der Waals surface area contributed by atoms with Crippen molar-refractivity contribution in [2.24, 2.45) is 0 Å². The number of sulfonamides is 1. The fourth-order valence-corrected chi connectivity index (χ4v) is 4.14. The maximum atomic E-state index is 12.5. The number of amides is 1. The Bertz CT molecular complexity index is 982. The van der Waals surface area contributed by atoms with Crippen LogP contribution in [-0.4, -0.2) is 59.6 Å². The van der Waals surface area contributed by atoms with Gasteiger partial charge >= 0.3 is 0 Å². The first kappa shape index (κ1) is 20.9. The molecule has 0 radical (unpaired) electrons. The normalized spacial score (nSPS) is 15.0.